The molecule has 2 aromatic rings. The van der Waals surface area contributed by atoms with Crippen molar-refractivity contribution in [3.8, 4) is 11.5 Å². The van der Waals surface area contributed by atoms with Gasteiger partial charge in [-0.05, 0) is 12.1 Å². The molecule has 0 atom stereocenters. The van der Waals surface area contributed by atoms with Crippen molar-refractivity contribution in [1.82, 2.24) is 4.98 Å². The van der Waals surface area contributed by atoms with E-state index in [4.69, 9.17) is 14.6 Å². The standard InChI is InChI=1S/C14H15NO5/c1-19-5-2-6-20-13-8-12(14(17)18)15-11-7-9(16)3-4-10(11)13/h3-4,7-8,16H,2,5-6H2,1H3,(H,17,18). The lowest BCUT2D eigenvalue weighted by Gasteiger charge is -2.10. The molecule has 0 fully saturated rings. The number of nitrogens with zero attached hydrogens (tertiary/aromatic N) is 1. The Labute approximate surface area is 115 Å². The molecule has 2 rings (SSSR count). The first kappa shape index (κ1) is 14.1. The van der Waals surface area contributed by atoms with Crippen molar-refractivity contribution in [3.05, 3.63) is 30.0 Å². The molecule has 1 aromatic carbocycles. The molecule has 0 spiro atoms. The molecule has 106 valence electrons. The Balaban J connectivity index is 2.36. The minimum atomic E-state index is -1.14. The van der Waals surface area contributed by atoms with E-state index in [9.17, 15) is 9.90 Å². The average molecular weight is 277 g/mol. The highest BCUT2D eigenvalue weighted by Gasteiger charge is 2.12. The summed E-state index contributed by atoms with van der Waals surface area (Å²) >= 11 is 0. The van der Waals surface area contributed by atoms with Gasteiger partial charge >= 0.3 is 5.97 Å². The Hall–Kier alpha value is -2.34. The van der Waals surface area contributed by atoms with E-state index in [1.807, 2.05) is 0 Å². The number of rotatable bonds is 6. The number of aromatic nitrogens is 1. The second kappa shape index (κ2) is 6.21. The van der Waals surface area contributed by atoms with Gasteiger partial charge in [-0.2, -0.15) is 0 Å². The highest BCUT2D eigenvalue weighted by molar-refractivity contribution is 5.93. The number of methoxy groups -OCH3 is 1. The van der Waals surface area contributed by atoms with Crippen molar-refractivity contribution in [2.45, 2.75) is 6.42 Å². The quantitative estimate of drug-likeness (QED) is 0.785. The highest BCUT2D eigenvalue weighted by atomic mass is 16.5. The van der Waals surface area contributed by atoms with E-state index in [1.54, 1.807) is 13.2 Å². The summed E-state index contributed by atoms with van der Waals surface area (Å²) in [5.41, 5.74) is 0.261. The van der Waals surface area contributed by atoms with E-state index < -0.39 is 5.97 Å². The van der Waals surface area contributed by atoms with Crippen LogP contribution in [0.25, 0.3) is 10.9 Å². The Morgan fingerprint density at radius 1 is 1.30 bits per heavy atom. The molecular weight excluding hydrogens is 262 g/mol. The number of phenolic OH excluding ortho intramolecular Hbond substituents is 1. The summed E-state index contributed by atoms with van der Waals surface area (Å²) in [5.74, 6) is -0.682. The number of carboxylic acids is 1. The van der Waals surface area contributed by atoms with E-state index in [0.29, 0.717) is 36.3 Å². The summed E-state index contributed by atoms with van der Waals surface area (Å²) in [6.07, 6.45) is 0.695. The summed E-state index contributed by atoms with van der Waals surface area (Å²) in [5, 5.41) is 19.2. The van der Waals surface area contributed by atoms with Crippen molar-refractivity contribution in [2.75, 3.05) is 20.3 Å². The molecule has 0 aliphatic heterocycles. The number of ether oxygens (including phenoxy) is 2. The number of aromatic carboxylic acids is 1. The predicted octanol–water partition coefficient (Wildman–Crippen LogP) is 2.05. The van der Waals surface area contributed by atoms with Crippen LogP contribution in [-0.4, -0.2) is 41.5 Å². The lowest BCUT2D eigenvalue weighted by atomic mass is 10.1. The maximum atomic E-state index is 11.1. The lowest BCUT2D eigenvalue weighted by Crippen LogP contribution is -2.05. The van der Waals surface area contributed by atoms with Gasteiger partial charge in [-0.25, -0.2) is 9.78 Å². The fourth-order valence-electron chi connectivity index (χ4n) is 1.80. The molecule has 0 aliphatic rings. The minimum Gasteiger partial charge on any atom is -0.508 e. The van der Waals surface area contributed by atoms with Crippen molar-refractivity contribution >= 4 is 16.9 Å². The Bertz CT molecular complexity index is 626. The van der Waals surface area contributed by atoms with E-state index in [1.165, 1.54) is 18.2 Å². The number of hydrogen-bond acceptors (Lipinski definition) is 5. The van der Waals surface area contributed by atoms with E-state index >= 15 is 0 Å². The Morgan fingerprint density at radius 2 is 2.10 bits per heavy atom. The van der Waals surface area contributed by atoms with Crippen LogP contribution in [0.1, 0.15) is 16.9 Å². The molecule has 0 aliphatic carbocycles. The van der Waals surface area contributed by atoms with E-state index in [2.05, 4.69) is 4.98 Å². The van der Waals surface area contributed by atoms with Crippen LogP contribution >= 0.6 is 0 Å². The SMILES string of the molecule is COCCCOc1cc(C(=O)O)nc2cc(O)ccc12. The third-order valence-corrected chi connectivity index (χ3v) is 2.72. The monoisotopic (exact) mass is 277 g/mol. The predicted molar refractivity (Wildman–Crippen MR) is 72.4 cm³/mol. The third kappa shape index (κ3) is 3.16. The first-order chi connectivity index (χ1) is 9.61. The van der Waals surface area contributed by atoms with Crippen LogP contribution in [0.5, 0.6) is 11.5 Å². The van der Waals surface area contributed by atoms with Crippen LogP contribution in [0.4, 0.5) is 0 Å². The summed E-state index contributed by atoms with van der Waals surface area (Å²) in [6, 6.07) is 5.94. The second-order valence-corrected chi connectivity index (χ2v) is 4.21. The number of carboxylic acid groups (broad SMARTS) is 1. The topological polar surface area (TPSA) is 88.9 Å². The molecule has 0 saturated carbocycles. The molecule has 1 aromatic heterocycles. The van der Waals surface area contributed by atoms with Crippen LogP contribution in [0.15, 0.2) is 24.3 Å². The molecule has 0 bridgehead atoms. The van der Waals surface area contributed by atoms with Crippen molar-refractivity contribution < 1.29 is 24.5 Å². The molecule has 2 N–H and O–H groups in total. The zero-order valence-corrected chi connectivity index (χ0v) is 11.0. The van der Waals surface area contributed by atoms with Crippen LogP contribution in [0.2, 0.25) is 0 Å². The smallest absolute Gasteiger partial charge is 0.354 e. The van der Waals surface area contributed by atoms with Crippen LogP contribution in [0.3, 0.4) is 0 Å². The zero-order valence-electron chi connectivity index (χ0n) is 11.0. The molecule has 0 unspecified atom stereocenters. The van der Waals surface area contributed by atoms with E-state index in [0.717, 1.165) is 0 Å². The summed E-state index contributed by atoms with van der Waals surface area (Å²) in [6.45, 7) is 0.975. The van der Waals surface area contributed by atoms with Gasteiger partial charge in [0.25, 0.3) is 0 Å². The summed E-state index contributed by atoms with van der Waals surface area (Å²) < 4.78 is 10.5. The largest absolute Gasteiger partial charge is 0.508 e. The zero-order chi connectivity index (χ0) is 14.5. The fraction of sp³-hybridized carbons (Fsp3) is 0.286. The van der Waals surface area contributed by atoms with Crippen LogP contribution < -0.4 is 4.74 Å². The molecule has 6 nitrogen and oxygen atoms in total. The van der Waals surface area contributed by atoms with Gasteiger partial charge < -0.3 is 19.7 Å². The maximum absolute atomic E-state index is 11.1. The summed E-state index contributed by atoms with van der Waals surface area (Å²) in [7, 11) is 1.60. The minimum absolute atomic E-state index is 0.0258. The van der Waals surface area contributed by atoms with Gasteiger partial charge in [0, 0.05) is 37.7 Å². The van der Waals surface area contributed by atoms with Crippen molar-refractivity contribution in [1.29, 1.82) is 0 Å². The third-order valence-electron chi connectivity index (χ3n) is 2.72. The fourth-order valence-corrected chi connectivity index (χ4v) is 1.80. The molecule has 1 heterocycles. The van der Waals surface area contributed by atoms with Crippen LogP contribution in [0, 0.1) is 0 Å². The van der Waals surface area contributed by atoms with Gasteiger partial charge in [-0.1, -0.05) is 0 Å². The number of hydrogen-bond donors (Lipinski definition) is 2. The van der Waals surface area contributed by atoms with Gasteiger partial charge in [0.1, 0.15) is 11.5 Å². The second-order valence-electron chi connectivity index (χ2n) is 4.21. The Kier molecular flexibility index (Phi) is 4.37. The van der Waals surface area contributed by atoms with Gasteiger partial charge in [0.15, 0.2) is 5.69 Å². The van der Waals surface area contributed by atoms with Gasteiger partial charge in [0.2, 0.25) is 0 Å². The van der Waals surface area contributed by atoms with Crippen molar-refractivity contribution in [3.63, 3.8) is 0 Å². The first-order valence-corrected chi connectivity index (χ1v) is 6.10. The van der Waals surface area contributed by atoms with E-state index in [-0.39, 0.29) is 11.4 Å². The first-order valence-electron chi connectivity index (χ1n) is 6.10. The van der Waals surface area contributed by atoms with Gasteiger partial charge in [-0.3, -0.25) is 0 Å². The molecule has 6 heteroatoms. The lowest BCUT2D eigenvalue weighted by molar-refractivity contribution is 0.0690. The molecule has 0 radical (unpaired) electrons. The maximum Gasteiger partial charge on any atom is 0.354 e. The summed E-state index contributed by atoms with van der Waals surface area (Å²) in [4.78, 5) is 15.0. The van der Waals surface area contributed by atoms with Gasteiger partial charge in [0.05, 0.1) is 12.1 Å². The number of fused-ring (bicyclic) bond motifs is 1. The number of pyridine rings is 1. The van der Waals surface area contributed by atoms with Crippen LogP contribution in [-0.2, 0) is 4.74 Å². The number of phenols is 1. The average Bonchev–Trinajstić information content (AvgIpc) is 2.42. The molecule has 0 saturated heterocycles. The molecular formula is C14H15NO5. The number of benzene rings is 1. The van der Waals surface area contributed by atoms with Crippen molar-refractivity contribution in [2.24, 2.45) is 0 Å². The molecule has 20 heavy (non-hydrogen) atoms. The van der Waals surface area contributed by atoms with Gasteiger partial charge in [-0.15, -0.1) is 0 Å². The number of aromatic hydroxyl groups is 1. The normalized spacial score (nSPS) is 10.7. The molecule has 0 amide bonds. The Morgan fingerprint density at radius 3 is 2.80 bits per heavy atom. The highest BCUT2D eigenvalue weighted by Crippen LogP contribution is 2.28. The number of carbonyl (C=O) groups is 1.